The van der Waals surface area contributed by atoms with Crippen LogP contribution in [0.25, 0.3) is 0 Å². The number of rotatable bonds is 11. The summed E-state index contributed by atoms with van der Waals surface area (Å²) in [6, 6.07) is 0.738. The molecule has 0 aromatic heterocycles. The van der Waals surface area contributed by atoms with E-state index in [2.05, 4.69) is 46.6 Å². The van der Waals surface area contributed by atoms with Gasteiger partial charge in [0.2, 0.25) is 5.91 Å². The molecule has 24 heavy (non-hydrogen) atoms. The lowest BCUT2D eigenvalue weighted by atomic mass is 10.2. The number of nitrogens with one attached hydrogen (secondary N) is 3. The Kier molecular flexibility index (Phi) is 13.4. The Morgan fingerprint density at radius 1 is 1.25 bits per heavy atom. The maximum absolute atomic E-state index is 11.7. The number of halogens is 1. The molecule has 7 heteroatoms. The van der Waals surface area contributed by atoms with E-state index in [1.165, 1.54) is 0 Å². The topological polar surface area (TPSA) is 68.8 Å². The molecule has 1 aliphatic rings. The molecule has 142 valence electrons. The van der Waals surface area contributed by atoms with Gasteiger partial charge in [0.1, 0.15) is 6.54 Å². The summed E-state index contributed by atoms with van der Waals surface area (Å²) >= 11 is 0. The van der Waals surface area contributed by atoms with Crippen LogP contribution >= 0.6 is 24.0 Å². The number of carbonyl (C=O) groups is 1. The lowest BCUT2D eigenvalue weighted by molar-refractivity contribution is -0.119. The van der Waals surface area contributed by atoms with Gasteiger partial charge in [-0.05, 0) is 59.2 Å². The van der Waals surface area contributed by atoms with Crippen LogP contribution < -0.4 is 16.0 Å². The van der Waals surface area contributed by atoms with Gasteiger partial charge in [-0.25, -0.2) is 4.99 Å². The Bertz CT molecular complexity index is 370. The van der Waals surface area contributed by atoms with Gasteiger partial charge in [-0.1, -0.05) is 13.8 Å². The summed E-state index contributed by atoms with van der Waals surface area (Å²) in [6.45, 7) is 12.9. The van der Waals surface area contributed by atoms with Gasteiger partial charge in [0.25, 0.3) is 0 Å². The maximum atomic E-state index is 11.7. The van der Waals surface area contributed by atoms with Crippen molar-refractivity contribution < 1.29 is 4.79 Å². The first-order valence-electron chi connectivity index (χ1n) is 9.15. The highest BCUT2D eigenvalue weighted by Crippen LogP contribution is 2.18. The molecular weight excluding hydrogens is 417 g/mol. The van der Waals surface area contributed by atoms with Gasteiger partial charge in [0.15, 0.2) is 5.96 Å². The summed E-state index contributed by atoms with van der Waals surface area (Å²) in [5.74, 6) is 0.743. The lowest BCUT2D eigenvalue weighted by Gasteiger charge is -2.21. The van der Waals surface area contributed by atoms with Gasteiger partial charge in [-0.2, -0.15) is 0 Å². The lowest BCUT2D eigenvalue weighted by Crippen LogP contribution is -2.43. The van der Waals surface area contributed by atoms with Crippen LogP contribution in [-0.4, -0.2) is 61.6 Å². The fraction of sp³-hybridized carbons (Fsp3) is 0.882. The Balaban J connectivity index is 0.00000529. The van der Waals surface area contributed by atoms with Crippen LogP contribution in [0.3, 0.4) is 0 Å². The number of hydrogen-bond acceptors (Lipinski definition) is 3. The van der Waals surface area contributed by atoms with Gasteiger partial charge >= 0.3 is 0 Å². The first-order valence-corrected chi connectivity index (χ1v) is 9.15. The van der Waals surface area contributed by atoms with Crippen molar-refractivity contribution in [1.29, 1.82) is 0 Å². The molecule has 0 bridgehead atoms. The highest BCUT2D eigenvalue weighted by molar-refractivity contribution is 14.0. The third-order valence-corrected chi connectivity index (χ3v) is 4.06. The highest BCUT2D eigenvalue weighted by Gasteiger charge is 2.22. The zero-order chi connectivity index (χ0) is 17.1. The SMILES string of the molecule is CCNC(=NCC(=O)NC1CC1)NC(C)CCCN(CC)CC.I. The minimum absolute atomic E-state index is 0. The van der Waals surface area contributed by atoms with E-state index in [0.717, 1.165) is 57.8 Å². The first kappa shape index (κ1) is 23.4. The molecule has 1 unspecified atom stereocenters. The van der Waals surface area contributed by atoms with Gasteiger partial charge in [0.05, 0.1) is 0 Å². The molecule has 1 aliphatic carbocycles. The van der Waals surface area contributed by atoms with Crippen molar-refractivity contribution >= 4 is 35.8 Å². The van der Waals surface area contributed by atoms with Crippen LogP contribution in [0.4, 0.5) is 0 Å². The smallest absolute Gasteiger partial charge is 0.242 e. The molecule has 1 fully saturated rings. The number of hydrogen-bond donors (Lipinski definition) is 3. The van der Waals surface area contributed by atoms with Crippen LogP contribution in [0.2, 0.25) is 0 Å². The zero-order valence-corrected chi connectivity index (χ0v) is 18.1. The van der Waals surface area contributed by atoms with Gasteiger partial charge in [-0.15, -0.1) is 24.0 Å². The van der Waals surface area contributed by atoms with E-state index in [1.807, 2.05) is 6.92 Å². The van der Waals surface area contributed by atoms with Crippen molar-refractivity contribution in [3.63, 3.8) is 0 Å². The van der Waals surface area contributed by atoms with Crippen molar-refractivity contribution in [1.82, 2.24) is 20.9 Å². The van der Waals surface area contributed by atoms with E-state index in [9.17, 15) is 4.79 Å². The number of amides is 1. The quantitative estimate of drug-likeness (QED) is 0.254. The molecular formula is C17H36IN5O. The maximum Gasteiger partial charge on any atom is 0.242 e. The third-order valence-electron chi connectivity index (χ3n) is 4.06. The van der Waals surface area contributed by atoms with E-state index in [4.69, 9.17) is 0 Å². The van der Waals surface area contributed by atoms with Gasteiger partial charge in [0, 0.05) is 18.6 Å². The number of aliphatic imine (C=N–C) groups is 1. The second-order valence-electron chi connectivity index (χ2n) is 6.25. The van der Waals surface area contributed by atoms with Gasteiger partial charge < -0.3 is 20.9 Å². The van der Waals surface area contributed by atoms with Gasteiger partial charge in [-0.3, -0.25) is 4.79 Å². The summed E-state index contributed by atoms with van der Waals surface area (Å²) in [7, 11) is 0. The predicted octanol–water partition coefficient (Wildman–Crippen LogP) is 1.95. The van der Waals surface area contributed by atoms with Crippen LogP contribution in [0.1, 0.15) is 53.4 Å². The van der Waals surface area contributed by atoms with Crippen molar-refractivity contribution in [3.8, 4) is 0 Å². The van der Waals surface area contributed by atoms with E-state index in [-0.39, 0.29) is 36.4 Å². The number of nitrogens with zero attached hydrogens (tertiary/aromatic N) is 2. The largest absolute Gasteiger partial charge is 0.357 e. The summed E-state index contributed by atoms with van der Waals surface area (Å²) in [5.41, 5.74) is 0. The number of carbonyl (C=O) groups excluding carboxylic acids is 1. The molecule has 0 saturated heterocycles. The molecule has 1 saturated carbocycles. The molecule has 0 aliphatic heterocycles. The Morgan fingerprint density at radius 2 is 1.92 bits per heavy atom. The fourth-order valence-corrected chi connectivity index (χ4v) is 2.44. The zero-order valence-electron chi connectivity index (χ0n) is 15.7. The highest BCUT2D eigenvalue weighted by atomic mass is 127. The van der Waals surface area contributed by atoms with E-state index >= 15 is 0 Å². The summed E-state index contributed by atoms with van der Waals surface area (Å²) in [4.78, 5) is 18.5. The average Bonchev–Trinajstić information content (AvgIpc) is 3.33. The van der Waals surface area contributed by atoms with Crippen molar-refractivity contribution in [3.05, 3.63) is 0 Å². The molecule has 0 heterocycles. The predicted molar refractivity (Wildman–Crippen MR) is 112 cm³/mol. The molecule has 0 radical (unpaired) electrons. The van der Waals surface area contributed by atoms with Crippen molar-refractivity contribution in [2.24, 2.45) is 4.99 Å². The Labute approximate surface area is 164 Å². The fourth-order valence-electron chi connectivity index (χ4n) is 2.44. The minimum atomic E-state index is 0. The minimum Gasteiger partial charge on any atom is -0.357 e. The van der Waals surface area contributed by atoms with E-state index in [1.54, 1.807) is 0 Å². The number of guanidine groups is 1. The summed E-state index contributed by atoms with van der Waals surface area (Å²) in [6.07, 6.45) is 4.47. The second kappa shape index (κ2) is 13.7. The van der Waals surface area contributed by atoms with E-state index < -0.39 is 0 Å². The van der Waals surface area contributed by atoms with Crippen LogP contribution in [0, 0.1) is 0 Å². The summed E-state index contributed by atoms with van der Waals surface area (Å²) < 4.78 is 0. The molecule has 1 rings (SSSR count). The molecule has 0 aromatic carbocycles. The average molecular weight is 453 g/mol. The van der Waals surface area contributed by atoms with Crippen LogP contribution in [0.5, 0.6) is 0 Å². The molecule has 3 N–H and O–H groups in total. The molecule has 1 amide bonds. The summed E-state index contributed by atoms with van der Waals surface area (Å²) in [5, 5.41) is 9.56. The standard InChI is InChI=1S/C17H35N5O.HI/c1-5-18-17(19-13-16(23)21-15-10-11-15)20-14(4)9-8-12-22(6-2)7-3;/h14-15H,5-13H2,1-4H3,(H,21,23)(H2,18,19,20);1H. The van der Waals surface area contributed by atoms with E-state index in [0.29, 0.717) is 12.1 Å². The molecule has 1 atom stereocenters. The Hall–Kier alpha value is -0.570. The molecule has 0 aromatic rings. The monoisotopic (exact) mass is 453 g/mol. The van der Waals surface area contributed by atoms with Crippen LogP contribution in [0.15, 0.2) is 4.99 Å². The van der Waals surface area contributed by atoms with Crippen LogP contribution in [-0.2, 0) is 4.79 Å². The van der Waals surface area contributed by atoms with Crippen molar-refractivity contribution in [2.75, 3.05) is 32.7 Å². The Morgan fingerprint density at radius 3 is 2.46 bits per heavy atom. The normalized spacial score (nSPS) is 15.6. The molecule has 6 nitrogen and oxygen atoms in total. The second-order valence-corrected chi connectivity index (χ2v) is 6.25. The first-order chi connectivity index (χ1) is 11.1. The van der Waals surface area contributed by atoms with Crippen molar-refractivity contribution in [2.45, 2.75) is 65.5 Å². The molecule has 0 spiro atoms. The third kappa shape index (κ3) is 11.1.